The summed E-state index contributed by atoms with van der Waals surface area (Å²) in [5, 5.41) is 0. The maximum absolute atomic E-state index is 13.2. The average Bonchev–Trinajstić information content (AvgIpc) is 2.44. The molecule has 0 radical (unpaired) electrons. The summed E-state index contributed by atoms with van der Waals surface area (Å²) in [5.41, 5.74) is 0.169. The first-order valence-electron chi connectivity index (χ1n) is 5.64. The van der Waals surface area contributed by atoms with Gasteiger partial charge in [0.15, 0.2) is 0 Å². The molecule has 3 aromatic rings. The lowest BCUT2D eigenvalue weighted by molar-refractivity contribution is 0.616. The molecule has 0 bridgehead atoms. The van der Waals surface area contributed by atoms with Crippen LogP contribution in [0.2, 0.25) is 0 Å². The first-order valence-corrected chi connectivity index (χ1v) is 6.45. The van der Waals surface area contributed by atoms with Gasteiger partial charge in [-0.05, 0) is 24.3 Å². The monoisotopic (exact) mass is 272 g/mol. The lowest BCUT2D eigenvalue weighted by Crippen LogP contribution is -2.16. The van der Waals surface area contributed by atoms with Crippen LogP contribution in [0.5, 0.6) is 0 Å². The Hall–Kier alpha value is -2.14. The molecule has 3 nitrogen and oxygen atoms in total. The molecule has 1 aromatic carbocycles. The van der Waals surface area contributed by atoms with Crippen molar-refractivity contribution < 1.29 is 4.39 Å². The minimum atomic E-state index is -0.460. The van der Waals surface area contributed by atoms with Gasteiger partial charge in [-0.25, -0.2) is 9.37 Å². The van der Waals surface area contributed by atoms with Gasteiger partial charge in [-0.15, -0.1) is 0 Å². The maximum Gasteiger partial charge on any atom is 0.271 e. The highest BCUT2D eigenvalue weighted by atomic mass is 32.2. The summed E-state index contributed by atoms with van der Waals surface area (Å²) in [4.78, 5) is 17.8. The molecule has 0 N–H and O–H groups in total. The van der Waals surface area contributed by atoms with Gasteiger partial charge >= 0.3 is 0 Å². The smallest absolute Gasteiger partial charge is 0.268 e. The van der Waals surface area contributed by atoms with Crippen LogP contribution in [-0.4, -0.2) is 9.38 Å². The molecule has 3 rings (SSSR count). The molecule has 0 aliphatic rings. The number of hydrogen-bond donors (Lipinski definition) is 0. The SMILES string of the molecule is O=c1c(Sc2ccccc2)cnc2ccc(F)cn12. The molecule has 0 atom stereocenters. The van der Waals surface area contributed by atoms with Crippen LogP contribution in [0.4, 0.5) is 4.39 Å². The molecule has 5 heteroatoms. The minimum absolute atomic E-state index is 0.265. The molecule has 0 amide bonds. The second-order valence-electron chi connectivity index (χ2n) is 3.92. The van der Waals surface area contributed by atoms with Crippen LogP contribution in [0.25, 0.3) is 5.65 Å². The Kier molecular flexibility index (Phi) is 3.05. The van der Waals surface area contributed by atoms with Crippen molar-refractivity contribution in [2.24, 2.45) is 0 Å². The number of rotatable bonds is 2. The molecule has 0 saturated carbocycles. The van der Waals surface area contributed by atoms with Crippen molar-refractivity contribution in [3.05, 3.63) is 71.0 Å². The molecule has 0 aliphatic carbocycles. The number of pyridine rings is 1. The summed E-state index contributed by atoms with van der Waals surface area (Å²) in [6, 6.07) is 12.3. The molecular weight excluding hydrogens is 263 g/mol. The zero-order chi connectivity index (χ0) is 13.2. The van der Waals surface area contributed by atoms with Gasteiger partial charge < -0.3 is 0 Å². The van der Waals surface area contributed by atoms with Crippen LogP contribution in [0.15, 0.2) is 69.4 Å². The van der Waals surface area contributed by atoms with Gasteiger partial charge in [-0.2, -0.15) is 0 Å². The van der Waals surface area contributed by atoms with E-state index >= 15 is 0 Å². The average molecular weight is 272 g/mol. The predicted octanol–water partition coefficient (Wildman–Crippen LogP) is 2.98. The highest BCUT2D eigenvalue weighted by Gasteiger charge is 2.07. The molecule has 0 spiro atoms. The van der Waals surface area contributed by atoms with E-state index in [-0.39, 0.29) is 5.56 Å². The highest BCUT2D eigenvalue weighted by Crippen LogP contribution is 2.23. The summed E-state index contributed by atoms with van der Waals surface area (Å²) < 4.78 is 14.4. The van der Waals surface area contributed by atoms with Crippen LogP contribution in [0, 0.1) is 5.82 Å². The van der Waals surface area contributed by atoms with E-state index in [1.54, 1.807) is 0 Å². The van der Waals surface area contributed by atoms with Crippen molar-refractivity contribution in [2.75, 3.05) is 0 Å². The lowest BCUT2D eigenvalue weighted by Gasteiger charge is -2.04. The topological polar surface area (TPSA) is 34.4 Å². The number of fused-ring (bicyclic) bond motifs is 1. The van der Waals surface area contributed by atoms with E-state index < -0.39 is 5.82 Å². The molecule has 94 valence electrons. The van der Waals surface area contributed by atoms with Crippen LogP contribution >= 0.6 is 11.8 Å². The van der Waals surface area contributed by atoms with Crippen molar-refractivity contribution in [1.29, 1.82) is 0 Å². The minimum Gasteiger partial charge on any atom is -0.268 e. The first-order chi connectivity index (χ1) is 9.24. The Morgan fingerprint density at radius 3 is 2.68 bits per heavy atom. The summed E-state index contributed by atoms with van der Waals surface area (Å²) in [7, 11) is 0. The van der Waals surface area contributed by atoms with Crippen LogP contribution in [-0.2, 0) is 0 Å². The predicted molar refractivity (Wildman–Crippen MR) is 72.0 cm³/mol. The third-order valence-corrected chi connectivity index (χ3v) is 3.61. The van der Waals surface area contributed by atoms with Crippen molar-refractivity contribution in [3.63, 3.8) is 0 Å². The Morgan fingerprint density at radius 2 is 1.89 bits per heavy atom. The van der Waals surface area contributed by atoms with Crippen molar-refractivity contribution >= 4 is 17.4 Å². The van der Waals surface area contributed by atoms with Gasteiger partial charge in [0.1, 0.15) is 11.5 Å². The summed E-state index contributed by atoms with van der Waals surface area (Å²) in [6.45, 7) is 0. The van der Waals surface area contributed by atoms with E-state index in [1.165, 1.54) is 34.5 Å². The normalized spacial score (nSPS) is 10.8. The fraction of sp³-hybridized carbons (Fsp3) is 0. The van der Waals surface area contributed by atoms with Crippen molar-refractivity contribution in [2.45, 2.75) is 9.79 Å². The van der Waals surface area contributed by atoms with Gasteiger partial charge in [-0.3, -0.25) is 9.20 Å². The number of hydrogen-bond acceptors (Lipinski definition) is 3. The van der Waals surface area contributed by atoms with E-state index in [0.717, 1.165) is 11.1 Å². The lowest BCUT2D eigenvalue weighted by atomic mass is 10.4. The largest absolute Gasteiger partial charge is 0.271 e. The third-order valence-electron chi connectivity index (χ3n) is 2.61. The summed E-state index contributed by atoms with van der Waals surface area (Å²) in [5.74, 6) is -0.460. The fourth-order valence-electron chi connectivity index (χ4n) is 1.72. The van der Waals surface area contributed by atoms with Gasteiger partial charge in [0.25, 0.3) is 5.56 Å². The number of nitrogens with zero attached hydrogens (tertiary/aromatic N) is 2. The standard InChI is InChI=1S/C14H9FN2OS/c15-10-6-7-13-16-8-12(14(18)17(13)9-10)19-11-4-2-1-3-5-11/h1-9H. The quantitative estimate of drug-likeness (QED) is 0.719. The fourth-order valence-corrected chi connectivity index (χ4v) is 2.56. The van der Waals surface area contributed by atoms with Crippen molar-refractivity contribution in [3.8, 4) is 0 Å². The Bertz CT molecular complexity index is 786. The third kappa shape index (κ3) is 2.37. The van der Waals surface area contributed by atoms with Gasteiger partial charge in [0.2, 0.25) is 0 Å². The van der Waals surface area contributed by atoms with Crippen LogP contribution in [0.1, 0.15) is 0 Å². The summed E-state index contributed by atoms with van der Waals surface area (Å²) >= 11 is 1.32. The zero-order valence-electron chi connectivity index (χ0n) is 9.79. The molecule has 19 heavy (non-hydrogen) atoms. The Balaban J connectivity index is 2.10. The second-order valence-corrected chi connectivity index (χ2v) is 5.03. The number of aromatic nitrogens is 2. The van der Waals surface area contributed by atoms with Gasteiger partial charge in [-0.1, -0.05) is 30.0 Å². The first kappa shape index (κ1) is 11.9. The second kappa shape index (κ2) is 4.85. The number of benzene rings is 1. The van der Waals surface area contributed by atoms with E-state index in [1.807, 2.05) is 30.3 Å². The highest BCUT2D eigenvalue weighted by molar-refractivity contribution is 7.99. The molecule has 0 unspecified atom stereocenters. The van der Waals surface area contributed by atoms with Gasteiger partial charge in [0.05, 0.1) is 4.90 Å². The molecule has 0 saturated heterocycles. The molecular formula is C14H9FN2OS. The van der Waals surface area contributed by atoms with Crippen LogP contribution in [0.3, 0.4) is 0 Å². The molecule has 2 aromatic heterocycles. The zero-order valence-corrected chi connectivity index (χ0v) is 10.6. The Labute approximate surface area is 112 Å². The van der Waals surface area contributed by atoms with E-state index in [2.05, 4.69) is 4.98 Å². The molecule has 2 heterocycles. The van der Waals surface area contributed by atoms with Crippen LogP contribution < -0.4 is 5.56 Å². The van der Waals surface area contributed by atoms with E-state index in [9.17, 15) is 9.18 Å². The maximum atomic E-state index is 13.2. The van der Waals surface area contributed by atoms with Crippen molar-refractivity contribution in [1.82, 2.24) is 9.38 Å². The summed E-state index contributed by atoms with van der Waals surface area (Å²) in [6.07, 6.45) is 2.67. The molecule has 0 fully saturated rings. The number of halogens is 1. The Morgan fingerprint density at radius 1 is 1.11 bits per heavy atom. The van der Waals surface area contributed by atoms with E-state index in [0.29, 0.717) is 10.5 Å². The van der Waals surface area contributed by atoms with Gasteiger partial charge in [0, 0.05) is 17.3 Å². The van der Waals surface area contributed by atoms with E-state index in [4.69, 9.17) is 0 Å². The molecule has 0 aliphatic heterocycles.